The molecule has 4 atom stereocenters. The fourth-order valence-electron chi connectivity index (χ4n) is 5.04. The number of carbonyl (C=O) groups is 4. The van der Waals surface area contributed by atoms with Crippen LogP contribution in [0.1, 0.15) is 36.9 Å². The van der Waals surface area contributed by atoms with Crippen molar-refractivity contribution in [1.82, 2.24) is 25.1 Å². The molecule has 0 bridgehead atoms. The van der Waals surface area contributed by atoms with Crippen molar-refractivity contribution >= 4 is 23.7 Å². The van der Waals surface area contributed by atoms with E-state index in [0.717, 1.165) is 5.56 Å². The van der Waals surface area contributed by atoms with Crippen molar-refractivity contribution in [3.05, 3.63) is 54.1 Å². The predicted octanol–water partition coefficient (Wildman–Crippen LogP) is 0.0736. The number of imidazole rings is 1. The average molecular weight is 497 g/mol. The van der Waals surface area contributed by atoms with E-state index in [0.29, 0.717) is 50.9 Å². The van der Waals surface area contributed by atoms with Crippen LogP contribution < -0.4 is 11.1 Å². The molecule has 2 fully saturated rings. The van der Waals surface area contributed by atoms with Crippen LogP contribution in [-0.2, 0) is 32.0 Å². The number of rotatable bonds is 9. The van der Waals surface area contributed by atoms with Gasteiger partial charge in [-0.2, -0.15) is 0 Å². The summed E-state index contributed by atoms with van der Waals surface area (Å²) >= 11 is 0. The Morgan fingerprint density at radius 3 is 2.33 bits per heavy atom. The first-order valence-electron chi connectivity index (χ1n) is 12.3. The van der Waals surface area contributed by atoms with Crippen LogP contribution >= 0.6 is 0 Å². The van der Waals surface area contributed by atoms with E-state index in [1.54, 1.807) is 6.20 Å². The van der Waals surface area contributed by atoms with Gasteiger partial charge in [0, 0.05) is 31.4 Å². The molecular weight excluding hydrogens is 464 g/mol. The van der Waals surface area contributed by atoms with E-state index in [4.69, 9.17) is 5.73 Å². The van der Waals surface area contributed by atoms with Crippen molar-refractivity contribution in [2.75, 3.05) is 13.1 Å². The van der Waals surface area contributed by atoms with Gasteiger partial charge in [0.05, 0.1) is 12.4 Å². The maximum atomic E-state index is 13.4. The number of aliphatic carboxylic acids is 1. The van der Waals surface area contributed by atoms with Crippen molar-refractivity contribution in [1.29, 1.82) is 0 Å². The number of aromatic nitrogens is 2. The normalized spacial score (nSPS) is 21.2. The summed E-state index contributed by atoms with van der Waals surface area (Å²) in [6.45, 7) is 0.722. The number of nitrogens with one attached hydrogen (secondary N) is 2. The number of aromatic amines is 1. The van der Waals surface area contributed by atoms with Crippen molar-refractivity contribution in [3.63, 3.8) is 0 Å². The number of carboxylic acid groups (broad SMARTS) is 1. The highest BCUT2D eigenvalue weighted by Gasteiger charge is 2.41. The molecule has 0 saturated carbocycles. The molecule has 0 aliphatic carbocycles. The molecule has 1 aromatic carbocycles. The summed E-state index contributed by atoms with van der Waals surface area (Å²) in [6, 6.07) is 6.00. The molecule has 192 valence electrons. The van der Waals surface area contributed by atoms with E-state index in [9.17, 15) is 24.3 Å². The molecule has 2 aromatic rings. The topological polar surface area (TPSA) is 162 Å². The van der Waals surface area contributed by atoms with Gasteiger partial charge >= 0.3 is 5.97 Å². The number of carboxylic acids is 1. The number of hydrogen-bond acceptors (Lipinski definition) is 6. The zero-order valence-corrected chi connectivity index (χ0v) is 20.0. The number of amides is 3. The smallest absolute Gasteiger partial charge is 0.326 e. The molecule has 36 heavy (non-hydrogen) atoms. The molecule has 4 unspecified atom stereocenters. The SMILES string of the molecule is NC(Cc1ccccc1)C(=O)N1CCCC1C(=O)NC(Cc1cnc[nH]1)C(=O)N1CCCC1C(=O)O. The Hall–Kier alpha value is -3.73. The van der Waals surface area contributed by atoms with E-state index < -0.39 is 42.0 Å². The van der Waals surface area contributed by atoms with Gasteiger partial charge in [0.25, 0.3) is 0 Å². The number of benzene rings is 1. The van der Waals surface area contributed by atoms with E-state index >= 15 is 0 Å². The predicted molar refractivity (Wildman–Crippen MR) is 129 cm³/mol. The number of H-pyrrole nitrogens is 1. The Morgan fingerprint density at radius 1 is 1.03 bits per heavy atom. The molecular formula is C25H32N6O5. The lowest BCUT2D eigenvalue weighted by Crippen LogP contribution is -2.57. The van der Waals surface area contributed by atoms with Gasteiger partial charge in [-0.15, -0.1) is 0 Å². The van der Waals surface area contributed by atoms with Gasteiger partial charge in [-0.05, 0) is 37.7 Å². The lowest BCUT2D eigenvalue weighted by Gasteiger charge is -2.30. The molecule has 2 saturated heterocycles. The molecule has 1 aromatic heterocycles. The third-order valence-corrected chi connectivity index (χ3v) is 6.87. The highest BCUT2D eigenvalue weighted by atomic mass is 16.4. The lowest BCUT2D eigenvalue weighted by molar-refractivity contribution is -0.149. The van der Waals surface area contributed by atoms with Crippen LogP contribution in [0.15, 0.2) is 42.9 Å². The number of nitrogens with two attached hydrogens (primary N) is 1. The first-order chi connectivity index (χ1) is 17.3. The lowest BCUT2D eigenvalue weighted by atomic mass is 10.0. The minimum atomic E-state index is -1.06. The largest absolute Gasteiger partial charge is 0.480 e. The Kier molecular flexibility index (Phi) is 7.99. The minimum Gasteiger partial charge on any atom is -0.480 e. The van der Waals surface area contributed by atoms with E-state index in [-0.39, 0.29) is 12.3 Å². The number of hydrogen-bond donors (Lipinski definition) is 4. The standard InChI is InChI=1S/C25H32N6O5/c26-18(12-16-6-2-1-3-7-16)23(33)30-10-4-8-20(30)22(32)29-19(13-17-14-27-15-28-17)24(34)31-11-5-9-21(31)25(35)36/h1-3,6-7,14-15,18-21H,4-5,8-13,26H2,(H,27,28)(H,29,32)(H,35,36). The second-order valence-corrected chi connectivity index (χ2v) is 9.36. The average Bonchev–Trinajstić information content (AvgIpc) is 3.65. The molecule has 3 heterocycles. The Morgan fingerprint density at radius 2 is 1.69 bits per heavy atom. The summed E-state index contributed by atoms with van der Waals surface area (Å²) < 4.78 is 0. The summed E-state index contributed by atoms with van der Waals surface area (Å²) in [5.74, 6) is -2.28. The monoisotopic (exact) mass is 496 g/mol. The fraction of sp³-hybridized carbons (Fsp3) is 0.480. The van der Waals surface area contributed by atoms with Gasteiger partial charge in [0.15, 0.2) is 0 Å². The van der Waals surface area contributed by atoms with Crippen LogP contribution in [0.25, 0.3) is 0 Å². The number of nitrogens with zero attached hydrogens (tertiary/aromatic N) is 3. The van der Waals surface area contributed by atoms with Crippen molar-refractivity contribution in [2.45, 2.75) is 62.7 Å². The first-order valence-corrected chi connectivity index (χ1v) is 12.3. The molecule has 5 N–H and O–H groups in total. The van der Waals surface area contributed by atoms with Gasteiger partial charge in [-0.25, -0.2) is 9.78 Å². The summed E-state index contributed by atoms with van der Waals surface area (Å²) in [5.41, 5.74) is 7.77. The van der Waals surface area contributed by atoms with Crippen molar-refractivity contribution in [2.24, 2.45) is 5.73 Å². The molecule has 4 rings (SSSR count). The summed E-state index contributed by atoms with van der Waals surface area (Å²) in [6.07, 6.45) is 5.57. The highest BCUT2D eigenvalue weighted by molar-refractivity contribution is 5.94. The zero-order chi connectivity index (χ0) is 25.7. The third kappa shape index (κ3) is 5.73. The molecule has 11 nitrogen and oxygen atoms in total. The fourth-order valence-corrected chi connectivity index (χ4v) is 5.04. The summed E-state index contributed by atoms with van der Waals surface area (Å²) in [5, 5.41) is 12.3. The van der Waals surface area contributed by atoms with Crippen LogP contribution in [0.5, 0.6) is 0 Å². The highest BCUT2D eigenvalue weighted by Crippen LogP contribution is 2.22. The Labute approximate surface area is 209 Å². The quantitative estimate of drug-likeness (QED) is 0.382. The maximum Gasteiger partial charge on any atom is 0.326 e. The van der Waals surface area contributed by atoms with E-state index in [1.165, 1.54) is 16.1 Å². The molecule has 2 aliphatic rings. The van der Waals surface area contributed by atoms with Gasteiger partial charge < -0.3 is 30.9 Å². The van der Waals surface area contributed by atoms with E-state index in [1.807, 2.05) is 30.3 Å². The first kappa shape index (κ1) is 25.4. The third-order valence-electron chi connectivity index (χ3n) is 6.87. The molecule has 0 radical (unpaired) electrons. The van der Waals surface area contributed by atoms with Crippen LogP contribution in [0.2, 0.25) is 0 Å². The second kappa shape index (κ2) is 11.3. The van der Waals surface area contributed by atoms with Gasteiger partial charge in [-0.1, -0.05) is 30.3 Å². The summed E-state index contributed by atoms with van der Waals surface area (Å²) in [4.78, 5) is 61.2. The van der Waals surface area contributed by atoms with Crippen LogP contribution in [0, 0.1) is 0 Å². The maximum absolute atomic E-state index is 13.4. The van der Waals surface area contributed by atoms with Gasteiger partial charge in [-0.3, -0.25) is 14.4 Å². The molecule has 11 heteroatoms. The summed E-state index contributed by atoms with van der Waals surface area (Å²) in [7, 11) is 0. The van der Waals surface area contributed by atoms with Gasteiger partial charge in [0.2, 0.25) is 17.7 Å². The minimum absolute atomic E-state index is 0.127. The Balaban J connectivity index is 1.46. The second-order valence-electron chi connectivity index (χ2n) is 9.36. The number of likely N-dealkylation sites (tertiary alicyclic amines) is 2. The van der Waals surface area contributed by atoms with Crippen molar-refractivity contribution in [3.8, 4) is 0 Å². The van der Waals surface area contributed by atoms with Crippen LogP contribution in [0.3, 0.4) is 0 Å². The van der Waals surface area contributed by atoms with Gasteiger partial charge in [0.1, 0.15) is 18.1 Å². The molecule has 3 amide bonds. The molecule has 0 spiro atoms. The van der Waals surface area contributed by atoms with Crippen molar-refractivity contribution < 1.29 is 24.3 Å². The number of carbonyl (C=O) groups excluding carboxylic acids is 3. The van der Waals surface area contributed by atoms with Crippen LogP contribution in [0.4, 0.5) is 0 Å². The zero-order valence-electron chi connectivity index (χ0n) is 20.0. The molecule has 2 aliphatic heterocycles. The Bertz CT molecular complexity index is 1080. The van der Waals surface area contributed by atoms with E-state index in [2.05, 4.69) is 15.3 Å². The van der Waals surface area contributed by atoms with Crippen LogP contribution in [-0.4, -0.2) is 85.8 Å².